The first-order chi connectivity index (χ1) is 17.8. The fourth-order valence-corrected chi connectivity index (χ4v) is 5.70. The minimum atomic E-state index is -3.60. The smallest absolute Gasteiger partial charge is 0.394 e. The summed E-state index contributed by atoms with van der Waals surface area (Å²) in [4.78, 5) is 28.2. The first-order valence-corrected chi connectivity index (χ1v) is 12.8. The number of hydrogen-bond acceptors (Lipinski definition) is 4. The maximum atomic E-state index is 13.7. The highest BCUT2D eigenvalue weighted by atomic mass is 19.3. The zero-order chi connectivity index (χ0) is 27.8. The van der Waals surface area contributed by atoms with Crippen LogP contribution in [0.5, 0.6) is 5.75 Å². The summed E-state index contributed by atoms with van der Waals surface area (Å²) in [6, 6.07) is 8.27. The van der Waals surface area contributed by atoms with E-state index in [2.05, 4.69) is 28.9 Å². The lowest BCUT2D eigenvalue weighted by Gasteiger charge is -2.47. The number of carbonyl (C=O) groups is 2. The van der Waals surface area contributed by atoms with E-state index in [0.29, 0.717) is 29.9 Å². The second kappa shape index (κ2) is 10.3. The zero-order valence-electron chi connectivity index (χ0n) is 22.2. The Morgan fingerprint density at radius 1 is 1.26 bits per heavy atom. The number of nitrogens with one attached hydrogen (secondary N) is 2. The number of ether oxygens (including phenoxy) is 1. The minimum Gasteiger partial charge on any atom is -0.432 e. The lowest BCUT2D eigenvalue weighted by Crippen LogP contribution is -2.57. The molecule has 2 aliphatic rings. The number of hydrogen-bond donors (Lipinski definition) is 2. The molecule has 2 aromatic carbocycles. The van der Waals surface area contributed by atoms with Crippen LogP contribution in [0.3, 0.4) is 0 Å². The Bertz CT molecular complexity index is 1240. The topological polar surface area (TPSA) is 70.7 Å². The number of alkyl halides is 2. The van der Waals surface area contributed by atoms with Crippen molar-refractivity contribution in [2.75, 3.05) is 5.32 Å². The van der Waals surface area contributed by atoms with E-state index in [1.807, 2.05) is 19.9 Å². The molecule has 2 aromatic rings. The molecule has 2 fully saturated rings. The molecular formula is C29H34F3N3O3. The lowest BCUT2D eigenvalue weighted by atomic mass is 9.81. The van der Waals surface area contributed by atoms with Gasteiger partial charge in [0.2, 0.25) is 5.91 Å². The van der Waals surface area contributed by atoms with Crippen LogP contribution < -0.4 is 15.4 Å². The monoisotopic (exact) mass is 529 g/mol. The van der Waals surface area contributed by atoms with Crippen molar-refractivity contribution in [3.05, 3.63) is 71.3 Å². The largest absolute Gasteiger partial charge is 0.432 e. The van der Waals surface area contributed by atoms with Gasteiger partial charge in [-0.1, -0.05) is 38.5 Å². The lowest BCUT2D eigenvalue weighted by molar-refractivity contribution is -0.159. The number of amides is 2. The Morgan fingerprint density at radius 2 is 2.00 bits per heavy atom. The maximum absolute atomic E-state index is 13.7. The van der Waals surface area contributed by atoms with Crippen LogP contribution in [-0.4, -0.2) is 28.9 Å². The van der Waals surface area contributed by atoms with Crippen LogP contribution in [0.25, 0.3) is 0 Å². The highest BCUT2D eigenvalue weighted by molar-refractivity contribution is 6.06. The molecule has 1 saturated heterocycles. The van der Waals surface area contributed by atoms with Gasteiger partial charge in [0.25, 0.3) is 5.91 Å². The summed E-state index contributed by atoms with van der Waals surface area (Å²) < 4.78 is 45.2. The average Bonchev–Trinajstić information content (AvgIpc) is 2.78. The first kappa shape index (κ1) is 27.5. The molecule has 2 amide bonds. The van der Waals surface area contributed by atoms with Gasteiger partial charge >= 0.3 is 6.11 Å². The predicted octanol–water partition coefficient (Wildman–Crippen LogP) is 6.46. The van der Waals surface area contributed by atoms with Crippen molar-refractivity contribution in [2.45, 2.75) is 77.5 Å². The van der Waals surface area contributed by atoms with E-state index in [9.17, 15) is 22.8 Å². The summed E-state index contributed by atoms with van der Waals surface area (Å²) in [5, 5.41) is 6.17. The number of rotatable bonds is 6. The van der Waals surface area contributed by atoms with Crippen LogP contribution in [0.2, 0.25) is 0 Å². The van der Waals surface area contributed by atoms with E-state index in [1.54, 1.807) is 17.0 Å². The molecule has 0 radical (unpaired) electrons. The second-order valence-corrected chi connectivity index (χ2v) is 10.8. The average molecular weight is 530 g/mol. The number of benzene rings is 2. The number of halogens is 3. The molecule has 0 unspecified atom stereocenters. The van der Waals surface area contributed by atoms with Gasteiger partial charge in [-0.25, -0.2) is 4.39 Å². The van der Waals surface area contributed by atoms with Crippen LogP contribution in [0.1, 0.15) is 74.4 Å². The van der Waals surface area contributed by atoms with E-state index in [4.69, 9.17) is 0 Å². The van der Waals surface area contributed by atoms with E-state index in [0.717, 1.165) is 43.0 Å². The molecule has 1 aliphatic carbocycles. The number of carbonyl (C=O) groups excluding carboxylic acids is 2. The van der Waals surface area contributed by atoms with Gasteiger partial charge in [-0.05, 0) is 61.9 Å². The van der Waals surface area contributed by atoms with Crippen molar-refractivity contribution in [1.82, 2.24) is 10.2 Å². The summed E-state index contributed by atoms with van der Waals surface area (Å²) in [7, 11) is 0. The highest BCUT2D eigenvalue weighted by Crippen LogP contribution is 2.39. The number of anilines is 1. The maximum Gasteiger partial charge on any atom is 0.394 e. The zero-order valence-corrected chi connectivity index (χ0v) is 22.2. The Balaban J connectivity index is 1.57. The molecule has 0 bridgehead atoms. The second-order valence-electron chi connectivity index (χ2n) is 10.8. The molecule has 9 heteroatoms. The molecule has 2 N–H and O–H groups in total. The van der Waals surface area contributed by atoms with Crippen LogP contribution in [-0.2, 0) is 10.3 Å². The quantitative estimate of drug-likeness (QED) is 0.450. The van der Waals surface area contributed by atoms with Crippen molar-refractivity contribution in [1.29, 1.82) is 0 Å². The molecule has 3 atom stereocenters. The standard InChI is InChI=1S/C29H34F3N3O3/c1-17-8-6-9-21(14-17)35-19(3)34-28(4,16-26(35)36)23-10-7-11-24(18(23)2)33-27(37)22-13-12-20(30)15-25(22)38-29(5,31)32/h7,10-13,15,17,21,34H,3,6,8-9,14,16H2,1-2,4-5H3,(H,33,37)/t17-,21+,28-/m0/s1. The number of nitrogens with zero attached hydrogens (tertiary/aromatic N) is 1. The Morgan fingerprint density at radius 3 is 2.66 bits per heavy atom. The van der Waals surface area contributed by atoms with E-state index < -0.39 is 29.1 Å². The molecule has 6 nitrogen and oxygen atoms in total. The van der Waals surface area contributed by atoms with Crippen molar-refractivity contribution in [3.63, 3.8) is 0 Å². The molecular weight excluding hydrogens is 495 g/mol. The molecule has 1 saturated carbocycles. The molecule has 38 heavy (non-hydrogen) atoms. The molecule has 0 spiro atoms. The van der Waals surface area contributed by atoms with Crippen LogP contribution in [0.15, 0.2) is 48.8 Å². The summed E-state index contributed by atoms with van der Waals surface area (Å²) in [5.74, 6) is -0.992. The summed E-state index contributed by atoms with van der Waals surface area (Å²) in [5.41, 5.74) is 0.902. The van der Waals surface area contributed by atoms with Gasteiger partial charge in [-0.2, -0.15) is 8.78 Å². The normalized spacial score (nSPS) is 24.1. The minimum absolute atomic E-state index is 0.00205. The third-order valence-corrected chi connectivity index (χ3v) is 7.41. The molecule has 0 aromatic heterocycles. The third kappa shape index (κ3) is 5.81. The molecule has 1 aliphatic heterocycles. The van der Waals surface area contributed by atoms with Crippen LogP contribution in [0.4, 0.5) is 18.9 Å². The predicted molar refractivity (Wildman–Crippen MR) is 139 cm³/mol. The van der Waals surface area contributed by atoms with Gasteiger partial charge in [0.05, 0.1) is 17.5 Å². The fourth-order valence-electron chi connectivity index (χ4n) is 5.70. The van der Waals surface area contributed by atoms with Crippen LogP contribution in [0, 0.1) is 18.7 Å². The summed E-state index contributed by atoms with van der Waals surface area (Å²) >= 11 is 0. The summed E-state index contributed by atoms with van der Waals surface area (Å²) in [6.07, 6.45) is 0.753. The van der Waals surface area contributed by atoms with Gasteiger partial charge < -0.3 is 15.4 Å². The van der Waals surface area contributed by atoms with Gasteiger partial charge in [0.15, 0.2) is 0 Å². The van der Waals surface area contributed by atoms with E-state index in [1.165, 1.54) is 6.42 Å². The van der Waals surface area contributed by atoms with Gasteiger partial charge in [0.1, 0.15) is 17.4 Å². The first-order valence-electron chi connectivity index (χ1n) is 12.8. The fraction of sp³-hybridized carbons (Fsp3) is 0.448. The Labute approximate surface area is 221 Å². The molecule has 4 rings (SSSR count). The van der Waals surface area contributed by atoms with Crippen LogP contribution >= 0.6 is 0 Å². The van der Waals surface area contributed by atoms with E-state index in [-0.39, 0.29) is 23.9 Å². The SMILES string of the molecule is C=C1N[C@](C)(c2cccc(NC(=O)c3ccc(F)cc3OC(C)(F)F)c2C)CC(=O)N1[C@@H]1CCC[C@H](C)C1. The Hall–Kier alpha value is -3.49. The highest BCUT2D eigenvalue weighted by Gasteiger charge is 2.42. The summed E-state index contributed by atoms with van der Waals surface area (Å²) in [6.45, 7) is 10.6. The van der Waals surface area contributed by atoms with Crippen molar-refractivity contribution in [2.24, 2.45) is 5.92 Å². The van der Waals surface area contributed by atoms with Gasteiger partial charge in [-0.15, -0.1) is 0 Å². The van der Waals surface area contributed by atoms with Crippen molar-refractivity contribution < 1.29 is 27.5 Å². The Kier molecular flexibility index (Phi) is 7.50. The van der Waals surface area contributed by atoms with E-state index >= 15 is 0 Å². The third-order valence-electron chi connectivity index (χ3n) is 7.41. The van der Waals surface area contributed by atoms with Gasteiger partial charge in [-0.3, -0.25) is 14.5 Å². The van der Waals surface area contributed by atoms with Crippen molar-refractivity contribution in [3.8, 4) is 5.75 Å². The molecule has 1 heterocycles. The van der Waals surface area contributed by atoms with Crippen molar-refractivity contribution >= 4 is 17.5 Å². The van der Waals surface area contributed by atoms with Gasteiger partial charge in [0, 0.05) is 24.7 Å². The molecule has 204 valence electrons.